The van der Waals surface area contributed by atoms with Crippen molar-refractivity contribution in [2.45, 2.75) is 13.0 Å². The van der Waals surface area contributed by atoms with Crippen LogP contribution in [0.25, 0.3) is 0 Å². The second-order valence-electron chi connectivity index (χ2n) is 2.39. The van der Waals surface area contributed by atoms with E-state index in [9.17, 15) is 0 Å². The van der Waals surface area contributed by atoms with Crippen LogP contribution in [0.2, 0.25) is 0 Å². The van der Waals surface area contributed by atoms with Crippen molar-refractivity contribution in [2.24, 2.45) is 5.84 Å². The molecular formula is C8H12N2S. The Balaban J connectivity index is 2.89. The van der Waals surface area contributed by atoms with Gasteiger partial charge in [0.2, 0.25) is 0 Å². The van der Waals surface area contributed by atoms with Crippen LogP contribution in [-0.4, -0.2) is 0 Å². The Hall–Kier alpha value is -0.640. The molecule has 0 saturated heterocycles. The first kappa shape index (κ1) is 8.46. The van der Waals surface area contributed by atoms with Crippen LogP contribution in [0.15, 0.2) is 23.4 Å². The van der Waals surface area contributed by atoms with Crippen molar-refractivity contribution in [2.75, 3.05) is 0 Å². The second-order valence-corrected chi connectivity index (χ2v) is 3.13. The summed E-state index contributed by atoms with van der Waals surface area (Å²) in [4.78, 5) is 0. The zero-order valence-corrected chi connectivity index (χ0v) is 7.32. The van der Waals surface area contributed by atoms with Crippen LogP contribution >= 0.6 is 11.3 Å². The maximum atomic E-state index is 5.33. The summed E-state index contributed by atoms with van der Waals surface area (Å²) in [6.45, 7) is 5.76. The number of hydrogen-bond donors (Lipinski definition) is 2. The van der Waals surface area contributed by atoms with E-state index in [4.69, 9.17) is 5.84 Å². The zero-order chi connectivity index (χ0) is 8.27. The number of nitrogens with two attached hydrogens (primary N) is 1. The van der Waals surface area contributed by atoms with Crippen molar-refractivity contribution >= 4 is 11.3 Å². The molecule has 0 aromatic carbocycles. The molecule has 0 aliphatic carbocycles. The third-order valence-corrected chi connectivity index (χ3v) is 2.53. The lowest BCUT2D eigenvalue weighted by molar-refractivity contribution is 0.655. The molecule has 0 aliphatic rings. The standard InChI is InChI=1S/C8H12N2S/c1-3-8(10-9)7-5-11-4-6(7)2/h3-5,8,10H,1,9H2,2H3. The van der Waals surface area contributed by atoms with Crippen molar-refractivity contribution in [3.05, 3.63) is 34.5 Å². The van der Waals surface area contributed by atoms with E-state index in [-0.39, 0.29) is 6.04 Å². The van der Waals surface area contributed by atoms with Gasteiger partial charge >= 0.3 is 0 Å². The normalized spacial score (nSPS) is 12.9. The van der Waals surface area contributed by atoms with Crippen molar-refractivity contribution < 1.29 is 0 Å². The van der Waals surface area contributed by atoms with Crippen molar-refractivity contribution in [1.29, 1.82) is 0 Å². The number of aryl methyl sites for hydroxylation is 1. The maximum Gasteiger partial charge on any atom is 0.0648 e. The number of hydrazine groups is 1. The van der Waals surface area contributed by atoms with Gasteiger partial charge < -0.3 is 0 Å². The lowest BCUT2D eigenvalue weighted by Gasteiger charge is -2.09. The van der Waals surface area contributed by atoms with Crippen LogP contribution in [0.1, 0.15) is 17.2 Å². The third-order valence-electron chi connectivity index (χ3n) is 1.65. The van der Waals surface area contributed by atoms with E-state index in [1.165, 1.54) is 11.1 Å². The molecule has 1 aromatic heterocycles. The Kier molecular flexibility index (Phi) is 2.82. The van der Waals surface area contributed by atoms with Crippen molar-refractivity contribution in [3.8, 4) is 0 Å². The van der Waals surface area contributed by atoms with Gasteiger partial charge in [-0.05, 0) is 28.8 Å². The molecule has 0 radical (unpaired) electrons. The van der Waals surface area contributed by atoms with E-state index in [0.717, 1.165) is 0 Å². The average molecular weight is 168 g/mol. The summed E-state index contributed by atoms with van der Waals surface area (Å²) < 4.78 is 0. The minimum atomic E-state index is 0.0845. The highest BCUT2D eigenvalue weighted by molar-refractivity contribution is 7.08. The van der Waals surface area contributed by atoms with E-state index in [2.05, 4.69) is 29.7 Å². The lowest BCUT2D eigenvalue weighted by atomic mass is 10.1. The van der Waals surface area contributed by atoms with Crippen LogP contribution in [-0.2, 0) is 0 Å². The Bertz CT molecular complexity index is 242. The average Bonchev–Trinajstić information content (AvgIpc) is 2.40. The molecule has 11 heavy (non-hydrogen) atoms. The molecule has 1 aromatic rings. The summed E-state index contributed by atoms with van der Waals surface area (Å²) >= 11 is 1.68. The minimum absolute atomic E-state index is 0.0845. The van der Waals surface area contributed by atoms with Gasteiger partial charge in [-0.25, -0.2) is 5.43 Å². The van der Waals surface area contributed by atoms with Crippen LogP contribution in [0.3, 0.4) is 0 Å². The molecule has 1 unspecified atom stereocenters. The highest BCUT2D eigenvalue weighted by atomic mass is 32.1. The van der Waals surface area contributed by atoms with Gasteiger partial charge in [-0.2, -0.15) is 11.3 Å². The number of nitrogens with one attached hydrogen (secondary N) is 1. The highest BCUT2D eigenvalue weighted by Gasteiger charge is 2.07. The van der Waals surface area contributed by atoms with E-state index in [1.807, 2.05) is 0 Å². The SMILES string of the molecule is C=CC(NN)c1cscc1C. The first-order valence-corrected chi connectivity index (χ1v) is 4.35. The summed E-state index contributed by atoms with van der Waals surface area (Å²) in [5.74, 6) is 5.33. The van der Waals surface area contributed by atoms with Crippen LogP contribution in [0.4, 0.5) is 0 Å². The number of hydrogen-bond acceptors (Lipinski definition) is 3. The summed E-state index contributed by atoms with van der Waals surface area (Å²) in [6, 6.07) is 0.0845. The monoisotopic (exact) mass is 168 g/mol. The Labute approximate surface area is 70.7 Å². The Morgan fingerprint density at radius 1 is 1.73 bits per heavy atom. The minimum Gasteiger partial charge on any atom is -0.271 e. The van der Waals surface area contributed by atoms with E-state index in [1.54, 1.807) is 17.4 Å². The van der Waals surface area contributed by atoms with Gasteiger partial charge in [0, 0.05) is 0 Å². The second kappa shape index (κ2) is 3.67. The predicted octanol–water partition coefficient (Wildman–Crippen LogP) is 1.75. The fraction of sp³-hybridized carbons (Fsp3) is 0.250. The van der Waals surface area contributed by atoms with Crippen LogP contribution in [0, 0.1) is 6.92 Å². The van der Waals surface area contributed by atoms with Crippen molar-refractivity contribution in [3.63, 3.8) is 0 Å². The molecule has 0 spiro atoms. The molecule has 0 amide bonds. The van der Waals surface area contributed by atoms with Crippen molar-refractivity contribution in [1.82, 2.24) is 5.43 Å². The predicted molar refractivity (Wildman–Crippen MR) is 49.3 cm³/mol. The molecule has 0 fully saturated rings. The molecule has 1 heterocycles. The van der Waals surface area contributed by atoms with E-state index in [0.29, 0.717) is 0 Å². The molecule has 0 saturated carbocycles. The van der Waals surface area contributed by atoms with Gasteiger partial charge in [0.05, 0.1) is 6.04 Å². The zero-order valence-electron chi connectivity index (χ0n) is 6.50. The van der Waals surface area contributed by atoms with Gasteiger partial charge in [-0.3, -0.25) is 5.84 Å². The molecule has 1 rings (SSSR count). The molecule has 3 heteroatoms. The van der Waals surface area contributed by atoms with Crippen LogP contribution < -0.4 is 11.3 Å². The topological polar surface area (TPSA) is 38.0 Å². The molecule has 0 bridgehead atoms. The third kappa shape index (κ3) is 1.68. The summed E-state index contributed by atoms with van der Waals surface area (Å²) in [5.41, 5.74) is 5.16. The summed E-state index contributed by atoms with van der Waals surface area (Å²) in [7, 11) is 0. The molecule has 1 atom stereocenters. The van der Waals surface area contributed by atoms with Gasteiger partial charge in [0.1, 0.15) is 0 Å². The van der Waals surface area contributed by atoms with E-state index >= 15 is 0 Å². The maximum absolute atomic E-state index is 5.33. The quantitative estimate of drug-likeness (QED) is 0.410. The lowest BCUT2D eigenvalue weighted by Crippen LogP contribution is -2.26. The largest absolute Gasteiger partial charge is 0.271 e. The summed E-state index contributed by atoms with van der Waals surface area (Å²) in [6.07, 6.45) is 1.80. The summed E-state index contributed by atoms with van der Waals surface area (Å²) in [5, 5.41) is 4.19. The molecular weight excluding hydrogens is 156 g/mol. The first-order chi connectivity index (χ1) is 5.29. The van der Waals surface area contributed by atoms with Crippen LogP contribution in [0.5, 0.6) is 0 Å². The number of rotatable bonds is 3. The fourth-order valence-electron chi connectivity index (χ4n) is 0.974. The van der Waals surface area contributed by atoms with Gasteiger partial charge in [0.25, 0.3) is 0 Å². The van der Waals surface area contributed by atoms with Gasteiger partial charge in [-0.1, -0.05) is 6.08 Å². The fourth-order valence-corrected chi connectivity index (χ4v) is 1.86. The first-order valence-electron chi connectivity index (χ1n) is 3.41. The van der Waals surface area contributed by atoms with E-state index < -0.39 is 0 Å². The molecule has 0 aliphatic heterocycles. The molecule has 2 nitrogen and oxygen atoms in total. The number of thiophene rings is 1. The molecule has 3 N–H and O–H groups in total. The Morgan fingerprint density at radius 3 is 2.82 bits per heavy atom. The highest BCUT2D eigenvalue weighted by Crippen LogP contribution is 2.21. The Morgan fingerprint density at radius 2 is 2.45 bits per heavy atom. The van der Waals surface area contributed by atoms with Gasteiger partial charge in [0.15, 0.2) is 0 Å². The molecule has 60 valence electrons. The van der Waals surface area contributed by atoms with Gasteiger partial charge in [-0.15, -0.1) is 6.58 Å². The smallest absolute Gasteiger partial charge is 0.0648 e.